The second-order valence-electron chi connectivity index (χ2n) is 8.26. The van der Waals surface area contributed by atoms with Crippen molar-refractivity contribution in [3.8, 4) is 0 Å². The molecule has 20 heavy (non-hydrogen) atoms. The van der Waals surface area contributed by atoms with Crippen LogP contribution in [0.4, 0.5) is 0 Å². The van der Waals surface area contributed by atoms with E-state index in [2.05, 4.69) is 72.2 Å². The van der Waals surface area contributed by atoms with Crippen molar-refractivity contribution in [2.24, 2.45) is 11.3 Å². The quantitative estimate of drug-likeness (QED) is 0.583. The average Bonchev–Trinajstić information content (AvgIpc) is 2.25. The van der Waals surface area contributed by atoms with Crippen molar-refractivity contribution in [2.75, 3.05) is 26.7 Å². The van der Waals surface area contributed by atoms with E-state index in [-0.39, 0.29) is 0 Å². The third kappa shape index (κ3) is 8.97. The Morgan fingerprint density at radius 1 is 0.900 bits per heavy atom. The molecular weight excluding hydrogens is 244 g/mol. The lowest BCUT2D eigenvalue weighted by Gasteiger charge is -2.34. The summed E-state index contributed by atoms with van der Waals surface area (Å²) in [6, 6.07) is 1.31. The summed E-state index contributed by atoms with van der Waals surface area (Å²) in [4.78, 5) is 5.10. The molecule has 0 aliphatic rings. The molecule has 0 radical (unpaired) electrons. The standard InChI is InChI=1S/C18H40N2/c1-15(2)13-20(17(5)6)12-10-11-18(7,8)14-19(9)16(3)4/h15-17H,10-14H2,1-9H3. The van der Waals surface area contributed by atoms with Crippen molar-refractivity contribution in [3.05, 3.63) is 0 Å². The van der Waals surface area contributed by atoms with Crippen LogP contribution in [0.1, 0.15) is 68.2 Å². The van der Waals surface area contributed by atoms with Gasteiger partial charge in [0, 0.05) is 25.2 Å². The number of nitrogens with zero attached hydrogens (tertiary/aromatic N) is 2. The van der Waals surface area contributed by atoms with Crippen LogP contribution in [-0.2, 0) is 0 Å². The van der Waals surface area contributed by atoms with Crippen LogP contribution in [0.5, 0.6) is 0 Å². The molecule has 0 aliphatic heterocycles. The van der Waals surface area contributed by atoms with E-state index in [9.17, 15) is 0 Å². The van der Waals surface area contributed by atoms with E-state index in [0.717, 1.165) is 5.92 Å². The van der Waals surface area contributed by atoms with E-state index in [1.165, 1.54) is 32.5 Å². The van der Waals surface area contributed by atoms with Gasteiger partial charge >= 0.3 is 0 Å². The Morgan fingerprint density at radius 2 is 1.45 bits per heavy atom. The molecule has 0 aromatic heterocycles. The Balaban J connectivity index is 4.18. The Hall–Kier alpha value is -0.0800. The van der Waals surface area contributed by atoms with Gasteiger partial charge in [0.15, 0.2) is 0 Å². The zero-order chi connectivity index (χ0) is 15.9. The van der Waals surface area contributed by atoms with Crippen molar-refractivity contribution in [1.82, 2.24) is 9.80 Å². The Kier molecular flexibility index (Phi) is 9.01. The summed E-state index contributed by atoms with van der Waals surface area (Å²) in [5.74, 6) is 0.762. The molecule has 0 rings (SSSR count). The van der Waals surface area contributed by atoms with Crippen LogP contribution in [0.15, 0.2) is 0 Å². The number of rotatable bonds is 10. The fourth-order valence-electron chi connectivity index (χ4n) is 2.73. The fraction of sp³-hybridized carbons (Fsp3) is 1.00. The first-order chi connectivity index (χ1) is 9.05. The summed E-state index contributed by atoms with van der Waals surface area (Å²) in [6.45, 7) is 22.3. The monoisotopic (exact) mass is 284 g/mol. The van der Waals surface area contributed by atoms with Gasteiger partial charge in [0.05, 0.1) is 0 Å². The summed E-state index contributed by atoms with van der Waals surface area (Å²) in [6.07, 6.45) is 2.62. The summed E-state index contributed by atoms with van der Waals surface area (Å²) in [7, 11) is 2.24. The molecule has 0 bridgehead atoms. The Bertz CT molecular complexity index is 244. The van der Waals surface area contributed by atoms with Gasteiger partial charge < -0.3 is 9.80 Å². The summed E-state index contributed by atoms with van der Waals surface area (Å²) in [5, 5.41) is 0. The van der Waals surface area contributed by atoms with Gasteiger partial charge in [-0.3, -0.25) is 0 Å². The second-order valence-corrected chi connectivity index (χ2v) is 8.26. The van der Waals surface area contributed by atoms with E-state index in [1.54, 1.807) is 0 Å². The van der Waals surface area contributed by atoms with Crippen molar-refractivity contribution >= 4 is 0 Å². The lowest BCUT2D eigenvalue weighted by Crippen LogP contribution is -2.38. The van der Waals surface area contributed by atoms with Crippen LogP contribution in [0.25, 0.3) is 0 Å². The minimum atomic E-state index is 0.416. The molecule has 0 atom stereocenters. The van der Waals surface area contributed by atoms with Gasteiger partial charge in [0.25, 0.3) is 0 Å². The summed E-state index contributed by atoms with van der Waals surface area (Å²) >= 11 is 0. The van der Waals surface area contributed by atoms with Crippen LogP contribution in [0.2, 0.25) is 0 Å². The molecule has 122 valence electrons. The summed E-state index contributed by atoms with van der Waals surface area (Å²) in [5.41, 5.74) is 0.416. The van der Waals surface area contributed by atoms with Gasteiger partial charge in [0.1, 0.15) is 0 Å². The first-order valence-corrected chi connectivity index (χ1v) is 8.49. The van der Waals surface area contributed by atoms with Gasteiger partial charge in [-0.25, -0.2) is 0 Å². The van der Waals surface area contributed by atoms with E-state index in [1.807, 2.05) is 0 Å². The molecule has 0 aliphatic carbocycles. The van der Waals surface area contributed by atoms with Gasteiger partial charge in [-0.15, -0.1) is 0 Å². The SMILES string of the molecule is CC(C)CN(CCCC(C)(C)CN(C)C(C)C)C(C)C. The third-order valence-electron chi connectivity index (χ3n) is 4.19. The highest BCUT2D eigenvalue weighted by Gasteiger charge is 2.21. The molecule has 0 unspecified atom stereocenters. The Labute approximate surface area is 128 Å². The van der Waals surface area contributed by atoms with Crippen molar-refractivity contribution in [3.63, 3.8) is 0 Å². The zero-order valence-electron chi connectivity index (χ0n) is 15.7. The predicted octanol–water partition coefficient (Wildman–Crippen LogP) is 4.50. The second kappa shape index (κ2) is 9.04. The summed E-state index contributed by atoms with van der Waals surface area (Å²) < 4.78 is 0. The molecule has 2 heteroatoms. The van der Waals surface area contributed by atoms with Gasteiger partial charge in [-0.1, -0.05) is 27.7 Å². The minimum absolute atomic E-state index is 0.416. The van der Waals surface area contributed by atoms with Gasteiger partial charge in [-0.2, -0.15) is 0 Å². The van der Waals surface area contributed by atoms with Crippen LogP contribution in [-0.4, -0.2) is 48.6 Å². The van der Waals surface area contributed by atoms with Crippen LogP contribution in [0.3, 0.4) is 0 Å². The lowest BCUT2D eigenvalue weighted by molar-refractivity contribution is 0.147. The van der Waals surface area contributed by atoms with Crippen molar-refractivity contribution in [2.45, 2.75) is 80.3 Å². The highest BCUT2D eigenvalue weighted by molar-refractivity contribution is 4.75. The zero-order valence-corrected chi connectivity index (χ0v) is 15.7. The first-order valence-electron chi connectivity index (χ1n) is 8.49. The third-order valence-corrected chi connectivity index (χ3v) is 4.19. The van der Waals surface area contributed by atoms with Crippen molar-refractivity contribution < 1.29 is 0 Å². The van der Waals surface area contributed by atoms with E-state index >= 15 is 0 Å². The largest absolute Gasteiger partial charge is 0.303 e. The maximum atomic E-state index is 2.63. The number of hydrogen-bond donors (Lipinski definition) is 0. The topological polar surface area (TPSA) is 6.48 Å². The van der Waals surface area contributed by atoms with Crippen LogP contribution >= 0.6 is 0 Å². The van der Waals surface area contributed by atoms with Crippen LogP contribution < -0.4 is 0 Å². The fourth-order valence-corrected chi connectivity index (χ4v) is 2.73. The number of hydrogen-bond acceptors (Lipinski definition) is 2. The maximum absolute atomic E-state index is 2.63. The highest BCUT2D eigenvalue weighted by Crippen LogP contribution is 2.24. The van der Waals surface area contributed by atoms with E-state index in [4.69, 9.17) is 0 Å². The molecule has 2 nitrogen and oxygen atoms in total. The van der Waals surface area contributed by atoms with Crippen LogP contribution in [0, 0.1) is 11.3 Å². The molecule has 0 aromatic carbocycles. The van der Waals surface area contributed by atoms with E-state index in [0.29, 0.717) is 17.5 Å². The molecule has 0 aromatic rings. The molecule has 0 spiro atoms. The maximum Gasteiger partial charge on any atom is 0.00387 e. The molecule has 0 N–H and O–H groups in total. The predicted molar refractivity (Wildman–Crippen MR) is 92.3 cm³/mol. The molecular formula is C18H40N2. The Morgan fingerprint density at radius 3 is 1.85 bits per heavy atom. The smallest absolute Gasteiger partial charge is 0.00387 e. The average molecular weight is 285 g/mol. The minimum Gasteiger partial charge on any atom is -0.303 e. The first kappa shape index (κ1) is 19.9. The van der Waals surface area contributed by atoms with Gasteiger partial charge in [-0.05, 0) is 65.5 Å². The molecule has 0 saturated heterocycles. The molecule has 0 amide bonds. The molecule has 0 fully saturated rings. The van der Waals surface area contributed by atoms with E-state index < -0.39 is 0 Å². The normalized spacial score (nSPS) is 13.5. The van der Waals surface area contributed by atoms with Crippen molar-refractivity contribution in [1.29, 1.82) is 0 Å². The highest BCUT2D eigenvalue weighted by atomic mass is 15.1. The van der Waals surface area contributed by atoms with Gasteiger partial charge in [0.2, 0.25) is 0 Å². The molecule has 0 saturated carbocycles. The lowest BCUT2D eigenvalue weighted by atomic mass is 9.86. The molecule has 0 heterocycles.